The number of carbonyl (C=O) groups excluding carboxylic acids is 1. The van der Waals surface area contributed by atoms with Crippen LogP contribution in [0.15, 0.2) is 54.4 Å². The van der Waals surface area contributed by atoms with Crippen molar-refractivity contribution < 1.29 is 18.0 Å². The minimum Gasteiger partial charge on any atom is -0.385 e. The molecule has 1 aromatic carbocycles. The van der Waals surface area contributed by atoms with Gasteiger partial charge in [0.15, 0.2) is 0 Å². The summed E-state index contributed by atoms with van der Waals surface area (Å²) in [6.07, 6.45) is -2.49. The van der Waals surface area contributed by atoms with Gasteiger partial charge in [0.1, 0.15) is 0 Å². The van der Waals surface area contributed by atoms with E-state index in [0.717, 1.165) is 24.5 Å². The summed E-state index contributed by atoms with van der Waals surface area (Å²) in [6.45, 7) is 0.957. The first-order chi connectivity index (χ1) is 13.4. The summed E-state index contributed by atoms with van der Waals surface area (Å²) in [7, 11) is 0. The van der Waals surface area contributed by atoms with Crippen LogP contribution in [0.25, 0.3) is 5.57 Å². The van der Waals surface area contributed by atoms with Crippen LogP contribution in [0.4, 0.5) is 23.7 Å². The standard InChI is InChI=1S/C19H18F3N5O/c20-19(21,22)13-6-7-24-16(10-13)15(11-23)17-12-27(9-8-25-17)18(28)26-14-4-2-1-3-5-14/h1-7,10-11,23,25H,8-9,12H2,(H,26,28)/b17-15+,23-11?. The zero-order valence-corrected chi connectivity index (χ0v) is 14.8. The van der Waals surface area contributed by atoms with Gasteiger partial charge in [0.05, 0.1) is 17.8 Å². The Labute approximate surface area is 159 Å². The molecule has 3 rings (SSSR count). The van der Waals surface area contributed by atoms with Crippen molar-refractivity contribution in [1.29, 1.82) is 5.41 Å². The number of rotatable bonds is 3. The van der Waals surface area contributed by atoms with Crippen LogP contribution >= 0.6 is 0 Å². The Bertz CT molecular complexity index is 896. The number of hydrogen-bond donors (Lipinski definition) is 3. The molecule has 2 amide bonds. The van der Waals surface area contributed by atoms with Crippen LogP contribution < -0.4 is 10.6 Å². The van der Waals surface area contributed by atoms with Gasteiger partial charge in [-0.25, -0.2) is 4.79 Å². The molecule has 1 fully saturated rings. The van der Waals surface area contributed by atoms with E-state index < -0.39 is 11.7 Å². The van der Waals surface area contributed by atoms with Gasteiger partial charge in [0, 0.05) is 42.5 Å². The van der Waals surface area contributed by atoms with Gasteiger partial charge in [0.2, 0.25) is 0 Å². The Balaban J connectivity index is 1.83. The first-order valence-corrected chi connectivity index (χ1v) is 8.50. The molecule has 28 heavy (non-hydrogen) atoms. The number of hydrogen-bond acceptors (Lipinski definition) is 4. The third-order valence-electron chi connectivity index (χ3n) is 4.21. The number of halogens is 3. The van der Waals surface area contributed by atoms with Crippen LogP contribution in [-0.2, 0) is 6.18 Å². The molecular formula is C19H18F3N5O. The number of benzene rings is 1. The molecule has 1 aliphatic heterocycles. The number of alkyl halides is 3. The Kier molecular flexibility index (Phi) is 5.62. The molecule has 0 spiro atoms. The van der Waals surface area contributed by atoms with Crippen molar-refractivity contribution in [3.05, 3.63) is 65.6 Å². The van der Waals surface area contributed by atoms with Gasteiger partial charge in [0.25, 0.3) is 0 Å². The number of anilines is 1. The Morgan fingerprint density at radius 2 is 2.00 bits per heavy atom. The van der Waals surface area contributed by atoms with Crippen molar-refractivity contribution >= 4 is 23.5 Å². The average Bonchev–Trinajstić information content (AvgIpc) is 2.69. The highest BCUT2D eigenvalue weighted by Crippen LogP contribution is 2.30. The SMILES string of the molecule is N=C/C(=C1/CN(C(=O)Nc2ccccc2)CCN1)c1cc(C(F)(F)F)ccn1. The van der Waals surface area contributed by atoms with Crippen LogP contribution in [0.2, 0.25) is 0 Å². The lowest BCUT2D eigenvalue weighted by atomic mass is 10.1. The average molecular weight is 389 g/mol. The first kappa shape index (κ1) is 19.4. The minimum atomic E-state index is -4.50. The molecule has 0 atom stereocenters. The molecule has 0 unspecified atom stereocenters. The van der Waals surface area contributed by atoms with E-state index >= 15 is 0 Å². The van der Waals surface area contributed by atoms with Crippen molar-refractivity contribution in [2.45, 2.75) is 6.18 Å². The lowest BCUT2D eigenvalue weighted by Gasteiger charge is -2.31. The molecule has 1 saturated heterocycles. The third kappa shape index (κ3) is 4.48. The van der Waals surface area contributed by atoms with Crippen molar-refractivity contribution in [1.82, 2.24) is 15.2 Å². The lowest BCUT2D eigenvalue weighted by Crippen LogP contribution is -2.47. The molecule has 0 bridgehead atoms. The summed E-state index contributed by atoms with van der Waals surface area (Å²) in [4.78, 5) is 18.0. The summed E-state index contributed by atoms with van der Waals surface area (Å²) in [6, 6.07) is 10.4. The molecule has 3 N–H and O–H groups in total. The molecular weight excluding hydrogens is 371 g/mol. The number of piperazine rings is 1. The molecule has 2 aromatic rings. The fourth-order valence-corrected chi connectivity index (χ4v) is 2.82. The van der Waals surface area contributed by atoms with E-state index in [1.165, 1.54) is 4.90 Å². The molecule has 146 valence electrons. The van der Waals surface area contributed by atoms with Crippen molar-refractivity contribution in [3.63, 3.8) is 0 Å². The normalized spacial score (nSPS) is 16.2. The third-order valence-corrected chi connectivity index (χ3v) is 4.21. The van der Waals surface area contributed by atoms with E-state index in [2.05, 4.69) is 15.6 Å². The van der Waals surface area contributed by atoms with E-state index in [-0.39, 0.29) is 23.8 Å². The number of amides is 2. The fraction of sp³-hybridized carbons (Fsp3) is 0.211. The summed E-state index contributed by atoms with van der Waals surface area (Å²) >= 11 is 0. The van der Waals surface area contributed by atoms with E-state index in [1.54, 1.807) is 24.3 Å². The maximum Gasteiger partial charge on any atom is 0.416 e. The number of nitrogens with zero attached hydrogens (tertiary/aromatic N) is 2. The molecule has 0 aliphatic carbocycles. The van der Waals surface area contributed by atoms with Gasteiger partial charge >= 0.3 is 12.2 Å². The maximum absolute atomic E-state index is 13.0. The zero-order chi connectivity index (χ0) is 20.1. The number of aromatic nitrogens is 1. The summed E-state index contributed by atoms with van der Waals surface area (Å²) < 4.78 is 38.9. The molecule has 2 heterocycles. The largest absolute Gasteiger partial charge is 0.416 e. The Morgan fingerprint density at radius 1 is 1.25 bits per heavy atom. The summed E-state index contributed by atoms with van der Waals surface area (Å²) in [5.41, 5.74) is 0.507. The predicted molar refractivity (Wildman–Crippen MR) is 100.0 cm³/mol. The quantitative estimate of drug-likeness (QED) is 0.702. The highest BCUT2D eigenvalue weighted by Gasteiger charge is 2.31. The second-order valence-electron chi connectivity index (χ2n) is 6.11. The molecule has 0 radical (unpaired) electrons. The van der Waals surface area contributed by atoms with E-state index in [9.17, 15) is 18.0 Å². The molecule has 1 aliphatic rings. The minimum absolute atomic E-state index is 0.0256. The first-order valence-electron chi connectivity index (χ1n) is 8.50. The molecule has 9 heteroatoms. The molecule has 0 saturated carbocycles. The summed E-state index contributed by atoms with van der Waals surface area (Å²) in [5.74, 6) is 0. The Hall–Kier alpha value is -3.36. The number of para-hydroxylation sites is 1. The fourth-order valence-electron chi connectivity index (χ4n) is 2.82. The number of nitrogens with one attached hydrogen (secondary N) is 3. The number of allylic oxidation sites excluding steroid dienone is 1. The van der Waals surface area contributed by atoms with Crippen LogP contribution in [0.3, 0.4) is 0 Å². The van der Waals surface area contributed by atoms with Crippen molar-refractivity contribution in [2.75, 3.05) is 25.0 Å². The Morgan fingerprint density at radius 3 is 2.68 bits per heavy atom. The van der Waals surface area contributed by atoms with Crippen molar-refractivity contribution in [3.8, 4) is 0 Å². The second-order valence-corrected chi connectivity index (χ2v) is 6.11. The van der Waals surface area contributed by atoms with E-state index in [0.29, 0.717) is 24.5 Å². The van der Waals surface area contributed by atoms with Crippen LogP contribution in [0.5, 0.6) is 0 Å². The monoisotopic (exact) mass is 389 g/mol. The number of pyridine rings is 1. The smallest absolute Gasteiger partial charge is 0.385 e. The highest BCUT2D eigenvalue weighted by molar-refractivity contribution is 6.09. The molecule has 6 nitrogen and oxygen atoms in total. The predicted octanol–water partition coefficient (Wildman–Crippen LogP) is 3.60. The van der Waals surface area contributed by atoms with Gasteiger partial charge in [-0.05, 0) is 24.3 Å². The lowest BCUT2D eigenvalue weighted by molar-refractivity contribution is -0.137. The molecule has 1 aromatic heterocycles. The van der Waals surface area contributed by atoms with Gasteiger partial charge in [-0.1, -0.05) is 18.2 Å². The van der Waals surface area contributed by atoms with E-state index in [1.807, 2.05) is 6.07 Å². The van der Waals surface area contributed by atoms with Gasteiger partial charge < -0.3 is 20.9 Å². The number of urea groups is 1. The highest BCUT2D eigenvalue weighted by atomic mass is 19.4. The van der Waals surface area contributed by atoms with Gasteiger partial charge in [-0.15, -0.1) is 0 Å². The van der Waals surface area contributed by atoms with Crippen molar-refractivity contribution in [2.24, 2.45) is 0 Å². The van der Waals surface area contributed by atoms with Gasteiger partial charge in [-0.3, -0.25) is 4.98 Å². The summed E-state index contributed by atoms with van der Waals surface area (Å²) in [5, 5.41) is 13.5. The van der Waals surface area contributed by atoms with Crippen LogP contribution in [0, 0.1) is 5.41 Å². The topological polar surface area (TPSA) is 81.1 Å². The van der Waals surface area contributed by atoms with Crippen LogP contribution in [-0.4, -0.2) is 41.8 Å². The maximum atomic E-state index is 13.0. The van der Waals surface area contributed by atoms with Crippen LogP contribution in [0.1, 0.15) is 11.3 Å². The number of carbonyl (C=O) groups is 1. The zero-order valence-electron chi connectivity index (χ0n) is 14.8. The second kappa shape index (κ2) is 8.12. The van der Waals surface area contributed by atoms with Gasteiger partial charge in [-0.2, -0.15) is 13.2 Å². The van der Waals surface area contributed by atoms with E-state index in [4.69, 9.17) is 5.41 Å².